The summed E-state index contributed by atoms with van der Waals surface area (Å²) in [5.74, 6) is -1.07. The van der Waals surface area contributed by atoms with Crippen molar-refractivity contribution in [2.45, 2.75) is 12.4 Å². The molecule has 4 nitrogen and oxygen atoms in total. The standard InChI is InChI=1S/C10H11F3N2O2S/c1-6-8(4-7(14)5-15-6)9(16)17-2-3-18-10(11,12)13/h4-5H,2-3,14H2,1H3. The highest BCUT2D eigenvalue weighted by molar-refractivity contribution is 8.00. The minimum absolute atomic E-state index is 0.159. The third-order valence-corrected chi connectivity index (χ3v) is 2.61. The summed E-state index contributed by atoms with van der Waals surface area (Å²) >= 11 is -0.239. The van der Waals surface area contributed by atoms with Crippen molar-refractivity contribution in [2.75, 3.05) is 18.1 Å². The maximum absolute atomic E-state index is 11.8. The van der Waals surface area contributed by atoms with Gasteiger partial charge in [-0.25, -0.2) is 4.79 Å². The summed E-state index contributed by atoms with van der Waals surface area (Å²) < 4.78 is 40.2. The normalized spacial score (nSPS) is 11.3. The van der Waals surface area contributed by atoms with Crippen LogP contribution in [-0.2, 0) is 4.74 Å². The number of alkyl halides is 3. The molecule has 8 heteroatoms. The van der Waals surface area contributed by atoms with Crippen molar-refractivity contribution < 1.29 is 22.7 Å². The number of hydrogen-bond donors (Lipinski definition) is 1. The Labute approximate surface area is 106 Å². The van der Waals surface area contributed by atoms with Crippen LogP contribution in [0.2, 0.25) is 0 Å². The lowest BCUT2D eigenvalue weighted by atomic mass is 10.2. The number of rotatable bonds is 4. The number of nitrogens with two attached hydrogens (primary N) is 1. The highest BCUT2D eigenvalue weighted by Crippen LogP contribution is 2.29. The van der Waals surface area contributed by atoms with Gasteiger partial charge in [0.1, 0.15) is 6.61 Å². The summed E-state index contributed by atoms with van der Waals surface area (Å²) in [4.78, 5) is 15.4. The summed E-state index contributed by atoms with van der Waals surface area (Å²) in [7, 11) is 0. The topological polar surface area (TPSA) is 65.2 Å². The fourth-order valence-corrected chi connectivity index (χ4v) is 1.52. The van der Waals surface area contributed by atoms with Gasteiger partial charge in [0.15, 0.2) is 0 Å². The van der Waals surface area contributed by atoms with Crippen molar-refractivity contribution in [3.8, 4) is 0 Å². The molecule has 1 rings (SSSR count). The number of nitrogen functional groups attached to an aromatic ring is 1. The van der Waals surface area contributed by atoms with Crippen LogP contribution in [0.3, 0.4) is 0 Å². The van der Waals surface area contributed by atoms with E-state index in [4.69, 9.17) is 10.5 Å². The lowest BCUT2D eigenvalue weighted by molar-refractivity contribution is -0.0331. The molecule has 0 unspecified atom stereocenters. The zero-order chi connectivity index (χ0) is 13.8. The molecule has 0 aromatic carbocycles. The van der Waals surface area contributed by atoms with Crippen LogP contribution in [0.15, 0.2) is 12.3 Å². The molecule has 0 aliphatic carbocycles. The van der Waals surface area contributed by atoms with E-state index in [0.717, 1.165) is 0 Å². The minimum Gasteiger partial charge on any atom is -0.461 e. The van der Waals surface area contributed by atoms with E-state index in [1.54, 1.807) is 6.92 Å². The maximum Gasteiger partial charge on any atom is 0.441 e. The first-order chi connectivity index (χ1) is 8.29. The minimum atomic E-state index is -4.32. The predicted molar refractivity (Wildman–Crippen MR) is 62.2 cm³/mol. The molecule has 0 atom stereocenters. The number of thioether (sulfide) groups is 1. The molecule has 0 spiro atoms. The molecular formula is C10H11F3N2O2S. The van der Waals surface area contributed by atoms with Gasteiger partial charge in [-0.05, 0) is 24.8 Å². The van der Waals surface area contributed by atoms with Crippen molar-refractivity contribution in [1.82, 2.24) is 4.98 Å². The number of aryl methyl sites for hydroxylation is 1. The van der Waals surface area contributed by atoms with E-state index in [0.29, 0.717) is 5.69 Å². The average Bonchev–Trinajstić information content (AvgIpc) is 2.26. The Bertz CT molecular complexity index is 438. The first-order valence-electron chi connectivity index (χ1n) is 4.89. The predicted octanol–water partition coefficient (Wildman–Crippen LogP) is 2.38. The third-order valence-electron chi connectivity index (χ3n) is 1.91. The monoisotopic (exact) mass is 280 g/mol. The van der Waals surface area contributed by atoms with E-state index < -0.39 is 11.5 Å². The second kappa shape index (κ2) is 5.94. The smallest absolute Gasteiger partial charge is 0.441 e. The van der Waals surface area contributed by atoms with Gasteiger partial charge in [-0.15, -0.1) is 0 Å². The Kier molecular flexibility index (Phi) is 4.83. The van der Waals surface area contributed by atoms with Crippen LogP contribution in [0.25, 0.3) is 0 Å². The lowest BCUT2D eigenvalue weighted by Crippen LogP contribution is -2.12. The molecule has 0 fully saturated rings. The van der Waals surface area contributed by atoms with Gasteiger partial charge in [0, 0.05) is 5.75 Å². The molecule has 0 radical (unpaired) electrons. The number of anilines is 1. The largest absolute Gasteiger partial charge is 0.461 e. The summed E-state index contributed by atoms with van der Waals surface area (Å²) in [6, 6.07) is 1.38. The van der Waals surface area contributed by atoms with Gasteiger partial charge in [-0.2, -0.15) is 13.2 Å². The van der Waals surface area contributed by atoms with Gasteiger partial charge in [0.25, 0.3) is 0 Å². The van der Waals surface area contributed by atoms with E-state index >= 15 is 0 Å². The first kappa shape index (κ1) is 14.6. The quantitative estimate of drug-likeness (QED) is 0.677. The van der Waals surface area contributed by atoms with Crippen LogP contribution in [-0.4, -0.2) is 28.8 Å². The number of hydrogen-bond acceptors (Lipinski definition) is 5. The van der Waals surface area contributed by atoms with Gasteiger partial charge in [0.2, 0.25) is 0 Å². The van der Waals surface area contributed by atoms with Crippen LogP contribution in [0, 0.1) is 6.92 Å². The van der Waals surface area contributed by atoms with Crippen LogP contribution >= 0.6 is 11.8 Å². The zero-order valence-electron chi connectivity index (χ0n) is 9.45. The second-order valence-electron chi connectivity index (χ2n) is 3.33. The molecule has 1 heterocycles. The van der Waals surface area contributed by atoms with Crippen molar-refractivity contribution in [2.24, 2.45) is 0 Å². The van der Waals surface area contributed by atoms with Crippen LogP contribution in [0.4, 0.5) is 18.9 Å². The molecule has 100 valence electrons. The fourth-order valence-electron chi connectivity index (χ4n) is 1.13. The molecule has 0 aliphatic rings. The van der Waals surface area contributed by atoms with E-state index in [1.807, 2.05) is 0 Å². The summed E-state index contributed by atoms with van der Waals surface area (Å²) in [5.41, 5.74) is 2.00. The van der Waals surface area contributed by atoms with E-state index in [1.165, 1.54) is 12.3 Å². The molecule has 0 saturated carbocycles. The van der Waals surface area contributed by atoms with Gasteiger partial charge >= 0.3 is 11.5 Å². The molecule has 2 N–H and O–H groups in total. The Morgan fingerprint density at radius 2 is 2.22 bits per heavy atom. The number of halogens is 3. The maximum atomic E-state index is 11.8. The zero-order valence-corrected chi connectivity index (χ0v) is 10.3. The molecule has 0 aliphatic heterocycles. The lowest BCUT2D eigenvalue weighted by Gasteiger charge is -2.08. The van der Waals surface area contributed by atoms with Crippen LogP contribution in [0.1, 0.15) is 16.1 Å². The second-order valence-corrected chi connectivity index (χ2v) is 4.49. The van der Waals surface area contributed by atoms with Gasteiger partial charge < -0.3 is 10.5 Å². The molecular weight excluding hydrogens is 269 g/mol. The molecule has 1 aromatic heterocycles. The molecule has 1 aromatic rings. The molecule has 0 amide bonds. The van der Waals surface area contributed by atoms with Gasteiger partial charge in [0.05, 0.1) is 23.1 Å². The molecule has 0 bridgehead atoms. The van der Waals surface area contributed by atoms with Crippen molar-refractivity contribution >= 4 is 23.4 Å². The van der Waals surface area contributed by atoms with Crippen molar-refractivity contribution in [3.63, 3.8) is 0 Å². The summed E-state index contributed by atoms with van der Waals surface area (Å²) in [6.45, 7) is 1.26. The fraction of sp³-hybridized carbons (Fsp3) is 0.400. The first-order valence-corrected chi connectivity index (χ1v) is 5.88. The summed E-state index contributed by atoms with van der Waals surface area (Å²) in [6.07, 6.45) is 1.38. The third kappa shape index (κ3) is 4.82. The van der Waals surface area contributed by atoms with Crippen LogP contribution in [0.5, 0.6) is 0 Å². The number of ether oxygens (including phenoxy) is 1. The van der Waals surface area contributed by atoms with E-state index in [9.17, 15) is 18.0 Å². The SMILES string of the molecule is Cc1ncc(N)cc1C(=O)OCCSC(F)(F)F. The van der Waals surface area contributed by atoms with Crippen molar-refractivity contribution in [1.29, 1.82) is 0 Å². The number of aromatic nitrogens is 1. The van der Waals surface area contributed by atoms with Gasteiger partial charge in [-0.3, -0.25) is 4.98 Å². The highest BCUT2D eigenvalue weighted by Gasteiger charge is 2.27. The highest BCUT2D eigenvalue weighted by atomic mass is 32.2. The number of carbonyl (C=O) groups is 1. The van der Waals surface area contributed by atoms with Crippen molar-refractivity contribution in [3.05, 3.63) is 23.5 Å². The number of pyridine rings is 1. The Morgan fingerprint density at radius 3 is 2.83 bits per heavy atom. The Morgan fingerprint density at radius 1 is 1.56 bits per heavy atom. The number of nitrogens with zero attached hydrogens (tertiary/aromatic N) is 1. The van der Waals surface area contributed by atoms with Gasteiger partial charge in [-0.1, -0.05) is 0 Å². The summed E-state index contributed by atoms with van der Waals surface area (Å²) in [5, 5.41) is 0. The van der Waals surface area contributed by atoms with E-state index in [2.05, 4.69) is 4.98 Å². The van der Waals surface area contributed by atoms with Crippen LogP contribution < -0.4 is 5.73 Å². The number of esters is 1. The number of carbonyl (C=O) groups excluding carboxylic acids is 1. The molecule has 0 saturated heterocycles. The molecule has 18 heavy (non-hydrogen) atoms. The Hall–Kier alpha value is -1.44. The Balaban J connectivity index is 2.48. The van der Waals surface area contributed by atoms with E-state index in [-0.39, 0.29) is 35.4 Å². The average molecular weight is 280 g/mol.